The first kappa shape index (κ1) is 11.8. The van der Waals surface area contributed by atoms with Gasteiger partial charge in [0.1, 0.15) is 0 Å². The van der Waals surface area contributed by atoms with Crippen molar-refractivity contribution >= 4 is 10.9 Å². The molecule has 1 nitrogen and oxygen atoms in total. The highest BCUT2D eigenvalue weighted by Crippen LogP contribution is 2.38. The third kappa shape index (κ3) is 1.68. The predicted octanol–water partition coefficient (Wildman–Crippen LogP) is 4.52. The van der Waals surface area contributed by atoms with Crippen LogP contribution in [0.15, 0.2) is 24.3 Å². The molecule has 0 spiro atoms. The van der Waals surface area contributed by atoms with Gasteiger partial charge in [-0.2, -0.15) is 0 Å². The first-order valence-electron chi connectivity index (χ1n) is 7.09. The average Bonchev–Trinajstić information content (AvgIpc) is 2.62. The van der Waals surface area contributed by atoms with Crippen molar-refractivity contribution in [2.45, 2.75) is 52.5 Å². The van der Waals surface area contributed by atoms with Crippen LogP contribution in [0, 0.1) is 5.92 Å². The Kier molecular flexibility index (Phi) is 2.55. The van der Waals surface area contributed by atoms with Crippen molar-refractivity contribution in [3.05, 3.63) is 35.5 Å². The molecule has 1 aliphatic heterocycles. The van der Waals surface area contributed by atoms with E-state index in [2.05, 4.69) is 56.5 Å². The molecule has 1 aliphatic rings. The Balaban J connectivity index is 2.35. The minimum atomic E-state index is 0.237. The van der Waals surface area contributed by atoms with Gasteiger partial charge in [-0.05, 0) is 35.8 Å². The first-order valence-corrected chi connectivity index (χ1v) is 7.09. The molecule has 1 aromatic heterocycles. The molecule has 96 valence electrons. The number of benzene rings is 1. The standard InChI is InChI=1S/C17H23N/c1-12-9-10-15-16(17(2,3)4)13-7-5-6-8-14(13)18(15)11-12/h5-8,12H,9-11H2,1-4H3. The molecule has 2 heterocycles. The van der Waals surface area contributed by atoms with Crippen molar-refractivity contribution < 1.29 is 0 Å². The van der Waals surface area contributed by atoms with Crippen molar-refractivity contribution in [1.82, 2.24) is 4.57 Å². The highest BCUT2D eigenvalue weighted by Gasteiger charge is 2.28. The molecule has 2 aromatic rings. The SMILES string of the molecule is CC1CCc2c(C(C)(C)C)c3ccccc3n2C1. The van der Waals surface area contributed by atoms with E-state index in [-0.39, 0.29) is 5.41 Å². The lowest BCUT2D eigenvalue weighted by atomic mass is 9.83. The van der Waals surface area contributed by atoms with Crippen LogP contribution < -0.4 is 0 Å². The van der Waals surface area contributed by atoms with Crippen LogP contribution in [0.5, 0.6) is 0 Å². The highest BCUT2D eigenvalue weighted by molar-refractivity contribution is 5.86. The van der Waals surface area contributed by atoms with Crippen molar-refractivity contribution in [1.29, 1.82) is 0 Å². The van der Waals surface area contributed by atoms with Gasteiger partial charge in [-0.3, -0.25) is 0 Å². The second-order valence-electron chi connectivity index (χ2n) is 6.84. The molecule has 0 amide bonds. The van der Waals surface area contributed by atoms with E-state index in [0.29, 0.717) is 0 Å². The molecule has 18 heavy (non-hydrogen) atoms. The Morgan fingerprint density at radius 3 is 2.61 bits per heavy atom. The van der Waals surface area contributed by atoms with Gasteiger partial charge in [-0.25, -0.2) is 0 Å². The maximum atomic E-state index is 2.57. The number of aromatic nitrogens is 1. The Morgan fingerprint density at radius 1 is 1.17 bits per heavy atom. The van der Waals surface area contributed by atoms with Crippen LogP contribution in [0.25, 0.3) is 10.9 Å². The van der Waals surface area contributed by atoms with Gasteiger partial charge >= 0.3 is 0 Å². The first-order chi connectivity index (χ1) is 8.48. The van der Waals surface area contributed by atoms with Gasteiger partial charge in [-0.1, -0.05) is 45.9 Å². The Bertz CT molecular complexity index is 583. The molecule has 0 N–H and O–H groups in total. The minimum Gasteiger partial charge on any atom is -0.344 e. The van der Waals surface area contributed by atoms with Crippen molar-refractivity contribution in [3.63, 3.8) is 0 Å². The summed E-state index contributed by atoms with van der Waals surface area (Å²) in [4.78, 5) is 0. The summed E-state index contributed by atoms with van der Waals surface area (Å²) >= 11 is 0. The number of hydrogen-bond acceptors (Lipinski definition) is 0. The lowest BCUT2D eigenvalue weighted by Gasteiger charge is -2.26. The molecule has 1 heteroatoms. The fourth-order valence-corrected chi connectivity index (χ4v) is 3.45. The normalized spacial score (nSPS) is 20.1. The van der Waals surface area contributed by atoms with Gasteiger partial charge in [0.05, 0.1) is 0 Å². The highest BCUT2D eigenvalue weighted by atomic mass is 15.0. The maximum Gasteiger partial charge on any atom is 0.0485 e. The van der Waals surface area contributed by atoms with Gasteiger partial charge < -0.3 is 4.57 Å². The van der Waals surface area contributed by atoms with E-state index in [0.717, 1.165) is 5.92 Å². The van der Waals surface area contributed by atoms with Crippen LogP contribution in [0.1, 0.15) is 45.4 Å². The molecule has 3 rings (SSSR count). The minimum absolute atomic E-state index is 0.237. The summed E-state index contributed by atoms with van der Waals surface area (Å²) in [5.74, 6) is 0.807. The van der Waals surface area contributed by atoms with E-state index in [1.165, 1.54) is 30.3 Å². The van der Waals surface area contributed by atoms with Gasteiger partial charge in [0.25, 0.3) is 0 Å². The van der Waals surface area contributed by atoms with Gasteiger partial charge in [0, 0.05) is 23.1 Å². The number of nitrogens with zero attached hydrogens (tertiary/aromatic N) is 1. The molecular weight excluding hydrogens is 218 g/mol. The second kappa shape index (κ2) is 3.88. The Hall–Kier alpha value is -1.24. The van der Waals surface area contributed by atoms with E-state index in [4.69, 9.17) is 0 Å². The maximum absolute atomic E-state index is 2.57. The largest absolute Gasteiger partial charge is 0.344 e. The van der Waals surface area contributed by atoms with Crippen molar-refractivity contribution in [3.8, 4) is 0 Å². The van der Waals surface area contributed by atoms with E-state index in [1.807, 2.05) is 0 Å². The smallest absolute Gasteiger partial charge is 0.0485 e. The number of fused-ring (bicyclic) bond motifs is 3. The molecular formula is C17H23N. The number of para-hydroxylation sites is 1. The van der Waals surface area contributed by atoms with Crippen molar-refractivity contribution in [2.24, 2.45) is 5.92 Å². The van der Waals surface area contributed by atoms with E-state index in [9.17, 15) is 0 Å². The number of hydrogen-bond donors (Lipinski definition) is 0. The van der Waals surface area contributed by atoms with Crippen LogP contribution in [-0.2, 0) is 18.4 Å². The van der Waals surface area contributed by atoms with E-state index < -0.39 is 0 Å². The van der Waals surface area contributed by atoms with Gasteiger partial charge in [0.15, 0.2) is 0 Å². The molecule has 1 unspecified atom stereocenters. The molecule has 1 atom stereocenters. The van der Waals surface area contributed by atoms with Crippen LogP contribution in [0.3, 0.4) is 0 Å². The molecule has 0 bridgehead atoms. The van der Waals surface area contributed by atoms with E-state index >= 15 is 0 Å². The summed E-state index contributed by atoms with van der Waals surface area (Å²) in [6.07, 6.45) is 2.57. The summed E-state index contributed by atoms with van der Waals surface area (Å²) in [7, 11) is 0. The molecule has 0 aliphatic carbocycles. The van der Waals surface area contributed by atoms with Crippen molar-refractivity contribution in [2.75, 3.05) is 0 Å². The summed E-state index contributed by atoms with van der Waals surface area (Å²) in [5, 5.41) is 1.47. The molecule has 0 saturated heterocycles. The fourth-order valence-electron chi connectivity index (χ4n) is 3.45. The molecule has 0 fully saturated rings. The summed E-state index contributed by atoms with van der Waals surface area (Å²) in [6, 6.07) is 8.92. The van der Waals surface area contributed by atoms with Crippen LogP contribution in [0.4, 0.5) is 0 Å². The third-order valence-electron chi connectivity index (χ3n) is 4.20. The molecule has 0 radical (unpaired) electrons. The second-order valence-corrected chi connectivity index (χ2v) is 6.84. The molecule has 1 aromatic carbocycles. The summed E-state index contributed by atoms with van der Waals surface area (Å²) in [6.45, 7) is 10.6. The Morgan fingerprint density at radius 2 is 1.89 bits per heavy atom. The topological polar surface area (TPSA) is 4.93 Å². The van der Waals surface area contributed by atoms with Gasteiger partial charge in [-0.15, -0.1) is 0 Å². The lowest BCUT2D eigenvalue weighted by Crippen LogP contribution is -2.21. The number of rotatable bonds is 0. The average molecular weight is 241 g/mol. The van der Waals surface area contributed by atoms with Crippen LogP contribution in [-0.4, -0.2) is 4.57 Å². The zero-order valence-corrected chi connectivity index (χ0v) is 12.0. The van der Waals surface area contributed by atoms with E-state index in [1.54, 1.807) is 11.3 Å². The summed E-state index contributed by atoms with van der Waals surface area (Å²) in [5.41, 5.74) is 4.83. The zero-order valence-electron chi connectivity index (χ0n) is 12.0. The predicted molar refractivity (Wildman–Crippen MR) is 78.1 cm³/mol. The lowest BCUT2D eigenvalue weighted by molar-refractivity contribution is 0.400. The quantitative estimate of drug-likeness (QED) is 0.639. The Labute approximate surface area is 110 Å². The monoisotopic (exact) mass is 241 g/mol. The summed E-state index contributed by atoms with van der Waals surface area (Å²) < 4.78 is 2.57. The van der Waals surface area contributed by atoms with Crippen LogP contribution >= 0.6 is 0 Å². The van der Waals surface area contributed by atoms with Gasteiger partial charge in [0.2, 0.25) is 0 Å². The third-order valence-corrected chi connectivity index (χ3v) is 4.20. The fraction of sp³-hybridized carbons (Fsp3) is 0.529. The van der Waals surface area contributed by atoms with Crippen LogP contribution in [0.2, 0.25) is 0 Å². The molecule has 0 saturated carbocycles. The zero-order chi connectivity index (χ0) is 12.9.